The van der Waals surface area contributed by atoms with E-state index < -0.39 is 18.0 Å². The van der Waals surface area contributed by atoms with Crippen LogP contribution in [0.3, 0.4) is 0 Å². The Balaban J connectivity index is 1.96. The van der Waals surface area contributed by atoms with Gasteiger partial charge in [-0.1, -0.05) is 18.2 Å². The zero-order valence-corrected chi connectivity index (χ0v) is 15.0. The molecule has 0 aliphatic carbocycles. The predicted molar refractivity (Wildman–Crippen MR) is 100 cm³/mol. The number of nitrogens with one attached hydrogen (secondary N) is 1. The summed E-state index contributed by atoms with van der Waals surface area (Å²) >= 11 is 0. The number of likely N-dealkylation sites (N-methyl/N-ethyl adjacent to an activating group) is 1. The topological polar surface area (TPSA) is 99.5 Å². The van der Waals surface area contributed by atoms with E-state index in [9.17, 15) is 14.4 Å². The molecule has 0 unspecified atom stereocenters. The summed E-state index contributed by atoms with van der Waals surface area (Å²) in [7, 11) is 1.61. The van der Waals surface area contributed by atoms with Crippen LogP contribution in [0, 0.1) is 11.3 Å². The fraction of sp³-hybridized carbons (Fsp3) is 0.200. The molecule has 2 amide bonds. The predicted octanol–water partition coefficient (Wildman–Crippen LogP) is 2.75. The highest BCUT2D eigenvalue weighted by atomic mass is 16.5. The number of hydrogen-bond acceptors (Lipinski definition) is 5. The number of carbonyl (C=O) groups is 3. The van der Waals surface area contributed by atoms with Crippen molar-refractivity contribution in [3.8, 4) is 6.07 Å². The number of esters is 1. The van der Waals surface area contributed by atoms with E-state index in [-0.39, 0.29) is 17.9 Å². The third-order valence-corrected chi connectivity index (χ3v) is 3.75. The van der Waals surface area contributed by atoms with Crippen LogP contribution in [-0.2, 0) is 14.3 Å². The van der Waals surface area contributed by atoms with Crippen molar-refractivity contribution in [2.75, 3.05) is 17.3 Å². The third-order valence-electron chi connectivity index (χ3n) is 3.75. The van der Waals surface area contributed by atoms with Crippen molar-refractivity contribution in [2.45, 2.75) is 19.4 Å². The standard InChI is InChI=1S/C20H19N3O4/c1-14(19(25)23(2)17-6-4-3-5-7-17)27-20(26)15-8-10-16(11-9-15)22-18(24)12-13-21/h3-11,14H,12H2,1-2H3,(H,22,24)/t14-/m0/s1. The molecular weight excluding hydrogens is 346 g/mol. The molecule has 7 nitrogen and oxygen atoms in total. The van der Waals surface area contributed by atoms with Gasteiger partial charge in [0.2, 0.25) is 5.91 Å². The number of ether oxygens (including phenoxy) is 1. The molecule has 1 atom stereocenters. The Labute approximate surface area is 157 Å². The molecule has 0 aromatic heterocycles. The second-order valence-corrected chi connectivity index (χ2v) is 5.74. The summed E-state index contributed by atoms with van der Waals surface area (Å²) in [6, 6.07) is 16.8. The molecule has 2 aromatic rings. The first-order valence-corrected chi connectivity index (χ1v) is 8.23. The lowest BCUT2D eigenvalue weighted by Crippen LogP contribution is -2.37. The highest BCUT2D eigenvalue weighted by Crippen LogP contribution is 2.15. The molecular formula is C20H19N3O4. The molecule has 7 heteroatoms. The molecule has 138 valence electrons. The van der Waals surface area contributed by atoms with Crippen LogP contribution in [-0.4, -0.2) is 30.9 Å². The van der Waals surface area contributed by atoms with Gasteiger partial charge in [0.15, 0.2) is 6.10 Å². The summed E-state index contributed by atoms with van der Waals surface area (Å²) in [4.78, 5) is 37.4. The fourth-order valence-electron chi connectivity index (χ4n) is 2.30. The number of hydrogen-bond donors (Lipinski definition) is 1. The highest BCUT2D eigenvalue weighted by Gasteiger charge is 2.23. The maximum Gasteiger partial charge on any atom is 0.338 e. The van der Waals surface area contributed by atoms with Crippen molar-refractivity contribution >= 4 is 29.2 Å². The first-order chi connectivity index (χ1) is 12.9. The largest absolute Gasteiger partial charge is 0.449 e. The van der Waals surface area contributed by atoms with Gasteiger partial charge in [0.25, 0.3) is 5.91 Å². The molecule has 0 radical (unpaired) electrons. The fourth-order valence-corrected chi connectivity index (χ4v) is 2.30. The zero-order chi connectivity index (χ0) is 19.8. The number of benzene rings is 2. The lowest BCUT2D eigenvalue weighted by Gasteiger charge is -2.21. The van der Waals surface area contributed by atoms with E-state index >= 15 is 0 Å². The number of nitrogens with zero attached hydrogens (tertiary/aromatic N) is 2. The first kappa shape index (κ1) is 19.7. The second-order valence-electron chi connectivity index (χ2n) is 5.74. The Morgan fingerprint density at radius 2 is 1.74 bits per heavy atom. The minimum Gasteiger partial charge on any atom is -0.449 e. The maximum absolute atomic E-state index is 12.4. The summed E-state index contributed by atoms with van der Waals surface area (Å²) in [6.07, 6.45) is -1.21. The van der Waals surface area contributed by atoms with E-state index in [2.05, 4.69) is 5.32 Å². The van der Waals surface area contributed by atoms with Gasteiger partial charge in [0, 0.05) is 18.4 Å². The smallest absolute Gasteiger partial charge is 0.338 e. The van der Waals surface area contributed by atoms with E-state index in [4.69, 9.17) is 10.00 Å². The van der Waals surface area contributed by atoms with Crippen LogP contribution in [0.4, 0.5) is 11.4 Å². The number of rotatable bonds is 6. The highest BCUT2D eigenvalue weighted by molar-refractivity contribution is 5.99. The molecule has 1 N–H and O–H groups in total. The van der Waals surface area contributed by atoms with Gasteiger partial charge >= 0.3 is 5.97 Å². The number of amides is 2. The minimum atomic E-state index is -0.960. The van der Waals surface area contributed by atoms with Gasteiger partial charge in [-0.25, -0.2) is 4.79 Å². The maximum atomic E-state index is 12.4. The van der Waals surface area contributed by atoms with Gasteiger partial charge in [0.05, 0.1) is 11.6 Å². The van der Waals surface area contributed by atoms with Crippen molar-refractivity contribution in [3.63, 3.8) is 0 Å². The SMILES string of the molecule is C[C@H](OC(=O)c1ccc(NC(=O)CC#N)cc1)C(=O)N(C)c1ccccc1. The Hall–Kier alpha value is -3.66. The van der Waals surface area contributed by atoms with Gasteiger partial charge in [-0.15, -0.1) is 0 Å². The number of carbonyl (C=O) groups excluding carboxylic acids is 3. The number of nitriles is 1. The van der Waals surface area contributed by atoms with Gasteiger partial charge in [-0.3, -0.25) is 9.59 Å². The van der Waals surface area contributed by atoms with Crippen LogP contribution in [0.2, 0.25) is 0 Å². The summed E-state index contributed by atoms with van der Waals surface area (Å²) in [5, 5.41) is 11.0. The van der Waals surface area contributed by atoms with Gasteiger partial charge in [-0.05, 0) is 43.3 Å². The minimum absolute atomic E-state index is 0.246. The monoisotopic (exact) mass is 365 g/mol. The molecule has 0 saturated heterocycles. The van der Waals surface area contributed by atoms with Crippen LogP contribution < -0.4 is 10.2 Å². The average molecular weight is 365 g/mol. The molecule has 0 aliphatic rings. The molecule has 0 spiro atoms. The van der Waals surface area contributed by atoms with Gasteiger partial charge in [0.1, 0.15) is 6.42 Å². The van der Waals surface area contributed by atoms with Crippen molar-refractivity contribution < 1.29 is 19.1 Å². The number of anilines is 2. The summed E-state index contributed by atoms with van der Waals surface area (Å²) in [5.74, 6) is -1.43. The van der Waals surface area contributed by atoms with Crippen LogP contribution >= 0.6 is 0 Å². The molecule has 0 heterocycles. The van der Waals surface area contributed by atoms with Crippen LogP contribution in [0.1, 0.15) is 23.7 Å². The van der Waals surface area contributed by atoms with E-state index in [1.54, 1.807) is 25.2 Å². The molecule has 0 aliphatic heterocycles. The van der Waals surface area contributed by atoms with Gasteiger partial charge < -0.3 is 15.0 Å². The Kier molecular flexibility index (Phi) is 6.67. The van der Waals surface area contributed by atoms with E-state index in [1.165, 1.54) is 36.1 Å². The van der Waals surface area contributed by atoms with Crippen LogP contribution in [0.5, 0.6) is 0 Å². The Morgan fingerprint density at radius 1 is 1.11 bits per heavy atom. The van der Waals surface area contributed by atoms with Gasteiger partial charge in [-0.2, -0.15) is 5.26 Å². The average Bonchev–Trinajstić information content (AvgIpc) is 2.68. The van der Waals surface area contributed by atoms with Crippen molar-refractivity contribution in [1.82, 2.24) is 0 Å². The number of para-hydroxylation sites is 1. The molecule has 2 rings (SSSR count). The molecule has 0 bridgehead atoms. The summed E-state index contributed by atoms with van der Waals surface area (Å²) in [5.41, 5.74) is 1.40. The van der Waals surface area contributed by atoms with Crippen molar-refractivity contribution in [3.05, 3.63) is 60.2 Å². The summed E-state index contributed by atoms with van der Waals surface area (Å²) in [6.45, 7) is 1.51. The van der Waals surface area contributed by atoms with Crippen LogP contribution in [0.15, 0.2) is 54.6 Å². The molecule has 0 fully saturated rings. The molecule has 0 saturated carbocycles. The molecule has 27 heavy (non-hydrogen) atoms. The first-order valence-electron chi connectivity index (χ1n) is 8.23. The lowest BCUT2D eigenvalue weighted by molar-refractivity contribution is -0.126. The Bertz CT molecular complexity index is 857. The van der Waals surface area contributed by atoms with E-state index in [0.29, 0.717) is 11.4 Å². The van der Waals surface area contributed by atoms with Crippen molar-refractivity contribution in [1.29, 1.82) is 5.26 Å². The van der Waals surface area contributed by atoms with E-state index in [0.717, 1.165) is 0 Å². The van der Waals surface area contributed by atoms with E-state index in [1.807, 2.05) is 18.2 Å². The Morgan fingerprint density at radius 3 is 2.33 bits per heavy atom. The second kappa shape index (κ2) is 9.15. The normalized spacial score (nSPS) is 11.0. The molecule has 2 aromatic carbocycles. The quantitative estimate of drug-likeness (QED) is 0.794. The van der Waals surface area contributed by atoms with Crippen LogP contribution in [0.25, 0.3) is 0 Å². The van der Waals surface area contributed by atoms with Crippen molar-refractivity contribution in [2.24, 2.45) is 0 Å². The third kappa shape index (κ3) is 5.41. The zero-order valence-electron chi connectivity index (χ0n) is 15.0. The lowest BCUT2D eigenvalue weighted by atomic mass is 10.2. The summed E-state index contributed by atoms with van der Waals surface area (Å²) < 4.78 is 5.24.